The molecule has 0 heterocycles. The number of allylic oxidation sites excluding steroid dienone is 1. The Bertz CT molecular complexity index is 239. The predicted octanol–water partition coefficient (Wildman–Crippen LogP) is 4.35. The maximum absolute atomic E-state index is 2.27. The van der Waals surface area contributed by atoms with E-state index in [1.807, 2.05) is 0 Å². The van der Waals surface area contributed by atoms with Gasteiger partial charge in [-0.2, -0.15) is 0 Å². The molecule has 0 N–H and O–H groups in total. The van der Waals surface area contributed by atoms with E-state index in [0.717, 1.165) is 0 Å². The van der Waals surface area contributed by atoms with Gasteiger partial charge in [0.05, 0.1) is 0 Å². The summed E-state index contributed by atoms with van der Waals surface area (Å²) in [6, 6.07) is 10.7. The second kappa shape index (κ2) is 7.13. The van der Waals surface area contributed by atoms with Gasteiger partial charge in [0.25, 0.3) is 0 Å². The van der Waals surface area contributed by atoms with Gasteiger partial charge < -0.3 is 0 Å². The second-order valence-corrected chi connectivity index (χ2v) is 3.81. The molecule has 0 spiro atoms. The van der Waals surface area contributed by atoms with Crippen LogP contribution in [0.1, 0.15) is 24.8 Å². The molecule has 0 fully saturated rings. The summed E-state index contributed by atoms with van der Waals surface area (Å²) in [6.45, 7) is 0. The Kier molecular flexibility index (Phi) is 5.90. The Labute approximate surface area is 94.2 Å². The van der Waals surface area contributed by atoms with Crippen molar-refractivity contribution in [3.05, 3.63) is 46.1 Å². The van der Waals surface area contributed by atoms with Crippen molar-refractivity contribution in [2.75, 3.05) is 0 Å². The molecule has 0 aromatic heterocycles. The van der Waals surface area contributed by atoms with Crippen molar-refractivity contribution < 1.29 is 0 Å². The van der Waals surface area contributed by atoms with Crippen LogP contribution in [0.2, 0.25) is 0 Å². The van der Waals surface area contributed by atoms with Crippen LogP contribution in [0.5, 0.6) is 0 Å². The van der Waals surface area contributed by atoms with E-state index in [2.05, 4.69) is 63.1 Å². The molecule has 13 heavy (non-hydrogen) atoms. The number of halogens is 1. The first kappa shape index (κ1) is 10.8. The highest BCUT2D eigenvalue weighted by molar-refractivity contribution is 14.1. The van der Waals surface area contributed by atoms with Crippen LogP contribution in [0, 0.1) is 0 Å². The van der Waals surface area contributed by atoms with Gasteiger partial charge in [-0.3, -0.25) is 0 Å². The fraction of sp³-hybridized carbons (Fsp3) is 0.333. The summed E-state index contributed by atoms with van der Waals surface area (Å²) in [5.74, 6) is 0. The van der Waals surface area contributed by atoms with Gasteiger partial charge in [-0.25, -0.2) is 0 Å². The fourth-order valence-electron chi connectivity index (χ4n) is 1.30. The first-order valence-electron chi connectivity index (χ1n) is 4.72. The third-order valence-electron chi connectivity index (χ3n) is 2.02. The number of aryl methyl sites for hydroxylation is 1. The largest absolute Gasteiger partial charge is 0.0785 e. The Hall–Kier alpha value is -0.310. The molecule has 0 aliphatic carbocycles. The lowest BCUT2D eigenvalue weighted by molar-refractivity contribution is 0.748. The second-order valence-electron chi connectivity index (χ2n) is 3.09. The third kappa shape index (κ3) is 5.09. The highest BCUT2D eigenvalue weighted by Gasteiger charge is 1.90. The van der Waals surface area contributed by atoms with Crippen molar-refractivity contribution in [3.63, 3.8) is 0 Å². The molecule has 70 valence electrons. The monoisotopic (exact) mass is 286 g/mol. The molecule has 0 amide bonds. The molecule has 0 radical (unpaired) electrons. The summed E-state index contributed by atoms with van der Waals surface area (Å²) < 4.78 is 2.10. The molecule has 0 bridgehead atoms. The number of hydrogen-bond donors (Lipinski definition) is 0. The third-order valence-corrected chi connectivity index (χ3v) is 2.53. The Morgan fingerprint density at radius 2 is 1.85 bits per heavy atom. The summed E-state index contributed by atoms with van der Waals surface area (Å²) in [4.78, 5) is 0. The zero-order valence-corrected chi connectivity index (χ0v) is 9.91. The molecule has 0 aliphatic heterocycles. The van der Waals surface area contributed by atoms with Crippen LogP contribution < -0.4 is 0 Å². The van der Waals surface area contributed by atoms with Crippen LogP contribution >= 0.6 is 22.6 Å². The number of rotatable bonds is 5. The Balaban J connectivity index is 2.13. The van der Waals surface area contributed by atoms with E-state index in [1.165, 1.54) is 31.2 Å². The molecular formula is C12H15I. The molecule has 1 rings (SSSR count). The Morgan fingerprint density at radius 1 is 1.08 bits per heavy atom. The summed E-state index contributed by atoms with van der Waals surface area (Å²) in [6.07, 6.45) is 7.26. The van der Waals surface area contributed by atoms with Crippen molar-refractivity contribution in [1.29, 1.82) is 0 Å². The molecule has 1 aromatic carbocycles. The van der Waals surface area contributed by atoms with Crippen LogP contribution in [0.4, 0.5) is 0 Å². The first-order valence-corrected chi connectivity index (χ1v) is 5.97. The van der Waals surface area contributed by atoms with E-state index < -0.39 is 0 Å². The maximum atomic E-state index is 2.27. The lowest BCUT2D eigenvalue weighted by Gasteiger charge is -1.98. The molecule has 0 aliphatic rings. The topological polar surface area (TPSA) is 0 Å². The summed E-state index contributed by atoms with van der Waals surface area (Å²) in [5, 5.41) is 0. The average molecular weight is 286 g/mol. The Morgan fingerprint density at radius 3 is 2.54 bits per heavy atom. The highest BCUT2D eigenvalue weighted by Crippen LogP contribution is 2.06. The normalized spacial score (nSPS) is 10.8. The van der Waals surface area contributed by atoms with Crippen molar-refractivity contribution in [2.45, 2.75) is 25.7 Å². The van der Waals surface area contributed by atoms with E-state index in [4.69, 9.17) is 0 Å². The molecule has 0 saturated carbocycles. The number of unbranched alkanes of at least 4 members (excludes halogenated alkanes) is 2. The molecule has 1 heteroatoms. The van der Waals surface area contributed by atoms with Gasteiger partial charge in [0, 0.05) is 0 Å². The predicted molar refractivity (Wildman–Crippen MR) is 67.2 cm³/mol. The van der Waals surface area contributed by atoms with Gasteiger partial charge in [0.2, 0.25) is 0 Å². The van der Waals surface area contributed by atoms with E-state index >= 15 is 0 Å². The van der Waals surface area contributed by atoms with Crippen molar-refractivity contribution in [3.8, 4) is 0 Å². The minimum Gasteiger partial charge on any atom is -0.0785 e. The molecular weight excluding hydrogens is 271 g/mol. The van der Waals surface area contributed by atoms with Crippen LogP contribution in [0.15, 0.2) is 40.5 Å². The number of hydrogen-bond acceptors (Lipinski definition) is 0. The molecule has 1 aromatic rings. The molecule has 0 atom stereocenters. The van der Waals surface area contributed by atoms with Crippen LogP contribution in [-0.4, -0.2) is 0 Å². The van der Waals surface area contributed by atoms with E-state index in [0.29, 0.717) is 0 Å². The van der Waals surface area contributed by atoms with Crippen molar-refractivity contribution >= 4 is 22.6 Å². The minimum atomic E-state index is 1.22. The summed E-state index contributed by atoms with van der Waals surface area (Å²) in [7, 11) is 0. The van der Waals surface area contributed by atoms with Gasteiger partial charge in [0.15, 0.2) is 0 Å². The SMILES string of the molecule is I/C=C/CCCCc1ccccc1. The average Bonchev–Trinajstić information content (AvgIpc) is 2.19. The minimum absolute atomic E-state index is 1.22. The summed E-state index contributed by atoms with van der Waals surface area (Å²) >= 11 is 2.27. The van der Waals surface area contributed by atoms with Crippen LogP contribution in [-0.2, 0) is 6.42 Å². The van der Waals surface area contributed by atoms with Gasteiger partial charge in [-0.1, -0.05) is 59.0 Å². The highest BCUT2D eigenvalue weighted by atomic mass is 127. The number of benzene rings is 1. The maximum Gasteiger partial charge on any atom is -0.0274 e. The van der Waals surface area contributed by atoms with Gasteiger partial charge in [-0.05, 0) is 35.3 Å². The zero-order valence-electron chi connectivity index (χ0n) is 7.75. The quantitative estimate of drug-likeness (QED) is 0.557. The van der Waals surface area contributed by atoms with E-state index in [1.54, 1.807) is 0 Å². The van der Waals surface area contributed by atoms with Crippen LogP contribution in [0.3, 0.4) is 0 Å². The molecule has 0 saturated heterocycles. The van der Waals surface area contributed by atoms with Gasteiger partial charge >= 0.3 is 0 Å². The summed E-state index contributed by atoms with van der Waals surface area (Å²) in [5.41, 5.74) is 1.46. The smallest absolute Gasteiger partial charge is 0.0274 e. The van der Waals surface area contributed by atoms with Crippen molar-refractivity contribution in [1.82, 2.24) is 0 Å². The lowest BCUT2D eigenvalue weighted by Crippen LogP contribution is -1.83. The van der Waals surface area contributed by atoms with Crippen molar-refractivity contribution in [2.24, 2.45) is 0 Å². The lowest BCUT2D eigenvalue weighted by atomic mass is 10.1. The van der Waals surface area contributed by atoms with Gasteiger partial charge in [-0.15, -0.1) is 0 Å². The van der Waals surface area contributed by atoms with Crippen LogP contribution in [0.25, 0.3) is 0 Å². The standard InChI is InChI=1S/C12H15I/c13-11-7-2-1-4-8-12-9-5-3-6-10-12/h3,5-7,9-11H,1-2,4,8H2/b11-7+. The fourth-order valence-corrected chi connectivity index (χ4v) is 1.66. The van der Waals surface area contributed by atoms with E-state index in [9.17, 15) is 0 Å². The first-order chi connectivity index (χ1) is 6.43. The zero-order chi connectivity index (χ0) is 9.36. The van der Waals surface area contributed by atoms with Gasteiger partial charge in [0.1, 0.15) is 0 Å². The molecule has 0 nitrogen and oxygen atoms in total. The van der Waals surface area contributed by atoms with E-state index in [-0.39, 0.29) is 0 Å². The molecule has 0 unspecified atom stereocenters.